The van der Waals surface area contributed by atoms with Crippen LogP contribution in [0.5, 0.6) is 0 Å². The summed E-state index contributed by atoms with van der Waals surface area (Å²) >= 11 is 0. The van der Waals surface area contributed by atoms with Gasteiger partial charge in [0.15, 0.2) is 0 Å². The fraction of sp³-hybridized carbons (Fsp3) is 0.421. The quantitative estimate of drug-likeness (QED) is 0.806. The van der Waals surface area contributed by atoms with Crippen LogP contribution >= 0.6 is 0 Å². The van der Waals surface area contributed by atoms with E-state index in [4.69, 9.17) is 0 Å². The molecular formula is C19H26N4O. The molecule has 1 aromatic heterocycles. The number of aromatic nitrogens is 2. The number of nitrogens with zero attached hydrogens (tertiary/aromatic N) is 3. The Labute approximate surface area is 144 Å². The Morgan fingerprint density at radius 3 is 2.62 bits per heavy atom. The van der Waals surface area contributed by atoms with E-state index in [-0.39, 0.29) is 11.9 Å². The summed E-state index contributed by atoms with van der Waals surface area (Å²) in [5.74, 6) is 0.801. The van der Waals surface area contributed by atoms with Gasteiger partial charge in [0.1, 0.15) is 5.82 Å². The van der Waals surface area contributed by atoms with Crippen molar-refractivity contribution >= 4 is 5.91 Å². The van der Waals surface area contributed by atoms with E-state index in [1.54, 1.807) is 6.20 Å². The van der Waals surface area contributed by atoms with Crippen LogP contribution in [-0.4, -0.2) is 47.5 Å². The van der Waals surface area contributed by atoms with E-state index in [1.807, 2.05) is 45.3 Å². The van der Waals surface area contributed by atoms with Gasteiger partial charge in [-0.25, -0.2) is 9.97 Å². The fourth-order valence-electron chi connectivity index (χ4n) is 2.53. The zero-order valence-electron chi connectivity index (χ0n) is 14.7. The maximum atomic E-state index is 12.1. The Hall–Kier alpha value is -2.27. The van der Waals surface area contributed by atoms with Crippen molar-refractivity contribution in [1.29, 1.82) is 0 Å². The number of hydrogen-bond acceptors (Lipinski definition) is 4. The molecule has 0 spiro atoms. The van der Waals surface area contributed by atoms with E-state index >= 15 is 0 Å². The summed E-state index contributed by atoms with van der Waals surface area (Å²) in [5, 5.41) is 3.05. The first-order chi connectivity index (χ1) is 11.5. The van der Waals surface area contributed by atoms with E-state index in [2.05, 4.69) is 32.3 Å². The third kappa shape index (κ3) is 6.08. The number of aryl methyl sites for hydroxylation is 2. The zero-order chi connectivity index (χ0) is 17.4. The Kier molecular flexibility index (Phi) is 6.88. The van der Waals surface area contributed by atoms with Gasteiger partial charge in [-0.1, -0.05) is 30.3 Å². The molecule has 0 fully saturated rings. The SMILES string of the molecule is Cc1nccc(CCC(=O)NCC(Cc2ccccc2)N(C)C)n1. The third-order valence-corrected chi connectivity index (χ3v) is 4.02. The van der Waals surface area contributed by atoms with Crippen molar-refractivity contribution in [2.24, 2.45) is 0 Å². The van der Waals surface area contributed by atoms with Crippen molar-refractivity contribution in [3.8, 4) is 0 Å². The lowest BCUT2D eigenvalue weighted by molar-refractivity contribution is -0.121. The molecule has 0 aliphatic heterocycles. The molecule has 1 amide bonds. The Balaban J connectivity index is 1.79. The molecule has 2 rings (SSSR count). The van der Waals surface area contributed by atoms with Gasteiger partial charge in [0.2, 0.25) is 5.91 Å². The van der Waals surface area contributed by atoms with Crippen LogP contribution in [0.4, 0.5) is 0 Å². The molecule has 128 valence electrons. The molecule has 1 aromatic carbocycles. The van der Waals surface area contributed by atoms with Gasteiger partial charge in [0.05, 0.1) is 0 Å². The molecule has 0 radical (unpaired) electrons. The van der Waals surface area contributed by atoms with Crippen LogP contribution in [-0.2, 0) is 17.6 Å². The molecule has 1 N–H and O–H groups in total. The average molecular weight is 326 g/mol. The van der Waals surface area contributed by atoms with Crippen molar-refractivity contribution in [3.05, 3.63) is 59.7 Å². The lowest BCUT2D eigenvalue weighted by atomic mass is 10.1. The smallest absolute Gasteiger partial charge is 0.220 e. The summed E-state index contributed by atoms with van der Waals surface area (Å²) in [5.41, 5.74) is 2.19. The van der Waals surface area contributed by atoms with Gasteiger partial charge in [-0.3, -0.25) is 4.79 Å². The number of likely N-dealkylation sites (N-methyl/N-ethyl adjacent to an activating group) is 1. The predicted octanol–water partition coefficient (Wildman–Crippen LogP) is 2.01. The third-order valence-electron chi connectivity index (χ3n) is 4.02. The van der Waals surface area contributed by atoms with Gasteiger partial charge in [0.25, 0.3) is 0 Å². The summed E-state index contributed by atoms with van der Waals surface area (Å²) in [6.45, 7) is 2.50. The molecular weight excluding hydrogens is 300 g/mol. The van der Waals surface area contributed by atoms with Crippen LogP contribution in [0, 0.1) is 6.92 Å². The molecule has 5 nitrogen and oxygen atoms in total. The maximum Gasteiger partial charge on any atom is 0.220 e. The number of hydrogen-bond donors (Lipinski definition) is 1. The van der Waals surface area contributed by atoms with Gasteiger partial charge >= 0.3 is 0 Å². The van der Waals surface area contributed by atoms with Gasteiger partial charge < -0.3 is 10.2 Å². The van der Waals surface area contributed by atoms with Crippen molar-refractivity contribution in [2.45, 2.75) is 32.2 Å². The first kappa shape index (κ1) is 18.1. The number of carbonyl (C=O) groups excluding carboxylic acids is 1. The van der Waals surface area contributed by atoms with E-state index in [1.165, 1.54) is 5.56 Å². The lowest BCUT2D eigenvalue weighted by Crippen LogP contribution is -2.41. The van der Waals surface area contributed by atoms with E-state index < -0.39 is 0 Å². The number of nitrogens with one attached hydrogen (secondary N) is 1. The molecule has 5 heteroatoms. The lowest BCUT2D eigenvalue weighted by Gasteiger charge is -2.24. The second kappa shape index (κ2) is 9.13. The summed E-state index contributed by atoms with van der Waals surface area (Å²) in [6.07, 6.45) is 3.74. The molecule has 1 heterocycles. The second-order valence-electron chi connectivity index (χ2n) is 6.21. The molecule has 0 bridgehead atoms. The molecule has 1 unspecified atom stereocenters. The van der Waals surface area contributed by atoms with E-state index in [0.717, 1.165) is 17.9 Å². The summed E-state index contributed by atoms with van der Waals surface area (Å²) in [6, 6.07) is 12.5. The number of carbonyl (C=O) groups is 1. The fourth-order valence-corrected chi connectivity index (χ4v) is 2.53. The standard InChI is InChI=1S/C19H26N4O/c1-15-20-12-11-17(22-15)9-10-19(24)21-14-18(23(2)3)13-16-7-5-4-6-8-16/h4-8,11-12,18H,9-10,13-14H2,1-3H3,(H,21,24). The highest BCUT2D eigenvalue weighted by atomic mass is 16.1. The minimum atomic E-state index is 0.0613. The molecule has 24 heavy (non-hydrogen) atoms. The zero-order valence-corrected chi connectivity index (χ0v) is 14.7. The van der Waals surface area contributed by atoms with Crippen LogP contribution in [0.2, 0.25) is 0 Å². The number of amides is 1. The van der Waals surface area contributed by atoms with Crippen LogP contribution in [0.3, 0.4) is 0 Å². The normalized spacial score (nSPS) is 12.2. The highest BCUT2D eigenvalue weighted by molar-refractivity contribution is 5.76. The van der Waals surface area contributed by atoms with Crippen molar-refractivity contribution < 1.29 is 4.79 Å². The summed E-state index contributed by atoms with van der Waals surface area (Å²) < 4.78 is 0. The summed E-state index contributed by atoms with van der Waals surface area (Å²) in [4.78, 5) is 22.7. The van der Waals surface area contributed by atoms with Gasteiger partial charge in [-0.15, -0.1) is 0 Å². The predicted molar refractivity (Wildman–Crippen MR) is 95.7 cm³/mol. The van der Waals surface area contributed by atoms with Gasteiger partial charge in [-0.2, -0.15) is 0 Å². The second-order valence-corrected chi connectivity index (χ2v) is 6.21. The van der Waals surface area contributed by atoms with Crippen LogP contribution in [0.1, 0.15) is 23.5 Å². The monoisotopic (exact) mass is 326 g/mol. The van der Waals surface area contributed by atoms with E-state index in [0.29, 0.717) is 19.4 Å². The molecule has 0 saturated heterocycles. The number of rotatable bonds is 8. The molecule has 2 aromatic rings. The largest absolute Gasteiger partial charge is 0.355 e. The van der Waals surface area contributed by atoms with E-state index in [9.17, 15) is 4.79 Å². The Morgan fingerprint density at radius 2 is 1.96 bits per heavy atom. The van der Waals surface area contributed by atoms with Crippen molar-refractivity contribution in [3.63, 3.8) is 0 Å². The molecule has 0 saturated carbocycles. The molecule has 0 aliphatic carbocycles. The van der Waals surface area contributed by atoms with Crippen LogP contribution in [0.15, 0.2) is 42.6 Å². The highest BCUT2D eigenvalue weighted by Crippen LogP contribution is 2.06. The molecule has 0 aliphatic rings. The minimum absolute atomic E-state index is 0.0613. The number of benzene rings is 1. The summed E-state index contributed by atoms with van der Waals surface area (Å²) in [7, 11) is 4.09. The maximum absolute atomic E-state index is 12.1. The Bertz CT molecular complexity index is 643. The first-order valence-corrected chi connectivity index (χ1v) is 8.30. The van der Waals surface area contributed by atoms with Gasteiger partial charge in [0, 0.05) is 30.9 Å². The topological polar surface area (TPSA) is 58.1 Å². The van der Waals surface area contributed by atoms with Gasteiger partial charge in [-0.05, 0) is 45.5 Å². The highest BCUT2D eigenvalue weighted by Gasteiger charge is 2.13. The van der Waals surface area contributed by atoms with Crippen molar-refractivity contribution in [2.75, 3.05) is 20.6 Å². The van der Waals surface area contributed by atoms with Crippen LogP contribution < -0.4 is 5.32 Å². The van der Waals surface area contributed by atoms with Crippen molar-refractivity contribution in [1.82, 2.24) is 20.2 Å². The Morgan fingerprint density at radius 1 is 1.21 bits per heavy atom. The van der Waals surface area contributed by atoms with Crippen LogP contribution in [0.25, 0.3) is 0 Å². The first-order valence-electron chi connectivity index (χ1n) is 8.30. The minimum Gasteiger partial charge on any atom is -0.355 e. The average Bonchev–Trinajstić information content (AvgIpc) is 2.57. The molecule has 1 atom stereocenters.